The predicted molar refractivity (Wildman–Crippen MR) is 95.8 cm³/mol. The van der Waals surface area contributed by atoms with Crippen molar-refractivity contribution in [3.8, 4) is 5.75 Å². The molecular weight excluding hydrogens is 338 g/mol. The van der Waals surface area contributed by atoms with Crippen LogP contribution < -0.4 is 15.0 Å². The summed E-state index contributed by atoms with van der Waals surface area (Å²) >= 11 is 1.05. The summed E-state index contributed by atoms with van der Waals surface area (Å²) in [6.45, 7) is 2.06. The van der Waals surface area contributed by atoms with E-state index in [9.17, 15) is 9.59 Å². The van der Waals surface area contributed by atoms with Crippen molar-refractivity contribution < 1.29 is 14.3 Å². The molecule has 2 amide bonds. The quantitative estimate of drug-likeness (QED) is 0.911. The standard InChI is InChI=1S/C18H17N3O3S/c22-17-15(25-18(23)20-17)10-12-4-5-13-11-21(7-8-24-14(13)9-12)16-3-1-2-6-19-16/h1-6,9,15H,7-8,10-11H2,(H,20,22,23). The van der Waals surface area contributed by atoms with Gasteiger partial charge < -0.3 is 9.64 Å². The molecule has 0 saturated carbocycles. The van der Waals surface area contributed by atoms with Crippen LogP contribution in [-0.2, 0) is 17.8 Å². The van der Waals surface area contributed by atoms with Gasteiger partial charge in [0, 0.05) is 18.3 Å². The third kappa shape index (κ3) is 3.46. The average molecular weight is 355 g/mol. The zero-order valence-corrected chi connectivity index (χ0v) is 14.3. The monoisotopic (exact) mass is 355 g/mol. The lowest BCUT2D eigenvalue weighted by Crippen LogP contribution is -2.25. The van der Waals surface area contributed by atoms with Crippen LogP contribution in [0.2, 0.25) is 0 Å². The van der Waals surface area contributed by atoms with Gasteiger partial charge in [-0.05, 0) is 30.2 Å². The van der Waals surface area contributed by atoms with E-state index in [1.807, 2.05) is 36.4 Å². The number of fused-ring (bicyclic) bond motifs is 1. The Morgan fingerprint density at radius 1 is 1.28 bits per heavy atom. The van der Waals surface area contributed by atoms with Gasteiger partial charge in [0.25, 0.3) is 5.24 Å². The number of benzene rings is 1. The number of carbonyl (C=O) groups excluding carboxylic acids is 2. The molecule has 3 heterocycles. The van der Waals surface area contributed by atoms with E-state index in [4.69, 9.17) is 4.74 Å². The Morgan fingerprint density at radius 3 is 2.96 bits per heavy atom. The number of pyridine rings is 1. The highest BCUT2D eigenvalue weighted by Crippen LogP contribution is 2.29. The third-order valence-electron chi connectivity index (χ3n) is 4.27. The number of amides is 2. The van der Waals surface area contributed by atoms with Crippen LogP contribution in [0.5, 0.6) is 5.75 Å². The van der Waals surface area contributed by atoms with E-state index in [0.29, 0.717) is 13.0 Å². The van der Waals surface area contributed by atoms with Crippen LogP contribution in [0.25, 0.3) is 0 Å². The maximum atomic E-state index is 11.7. The molecule has 2 aliphatic rings. The molecule has 1 aromatic carbocycles. The van der Waals surface area contributed by atoms with Gasteiger partial charge in [-0.3, -0.25) is 14.9 Å². The van der Waals surface area contributed by atoms with E-state index >= 15 is 0 Å². The van der Waals surface area contributed by atoms with Crippen molar-refractivity contribution in [3.63, 3.8) is 0 Å². The molecule has 1 unspecified atom stereocenters. The van der Waals surface area contributed by atoms with Crippen molar-refractivity contribution in [2.75, 3.05) is 18.1 Å². The van der Waals surface area contributed by atoms with Crippen molar-refractivity contribution in [2.24, 2.45) is 0 Å². The van der Waals surface area contributed by atoms with Crippen LogP contribution in [0, 0.1) is 0 Å². The molecule has 0 radical (unpaired) electrons. The zero-order valence-electron chi connectivity index (χ0n) is 13.5. The second-order valence-corrected chi connectivity index (χ2v) is 7.16. The number of rotatable bonds is 3. The molecule has 1 saturated heterocycles. The van der Waals surface area contributed by atoms with E-state index in [1.54, 1.807) is 6.20 Å². The average Bonchev–Trinajstić information content (AvgIpc) is 2.82. The van der Waals surface area contributed by atoms with Gasteiger partial charge in [0.05, 0.1) is 11.8 Å². The van der Waals surface area contributed by atoms with Gasteiger partial charge in [-0.15, -0.1) is 0 Å². The number of imide groups is 1. The lowest BCUT2D eigenvalue weighted by molar-refractivity contribution is -0.118. The smallest absolute Gasteiger partial charge is 0.286 e. The summed E-state index contributed by atoms with van der Waals surface area (Å²) in [7, 11) is 0. The highest BCUT2D eigenvalue weighted by molar-refractivity contribution is 8.15. The van der Waals surface area contributed by atoms with Gasteiger partial charge in [0.1, 0.15) is 18.2 Å². The zero-order chi connectivity index (χ0) is 17.2. The van der Waals surface area contributed by atoms with Crippen molar-refractivity contribution in [1.29, 1.82) is 0 Å². The first-order valence-corrected chi connectivity index (χ1v) is 8.99. The largest absolute Gasteiger partial charge is 0.491 e. The Kier molecular flexibility index (Phi) is 4.31. The molecule has 0 aliphatic carbocycles. The van der Waals surface area contributed by atoms with Gasteiger partial charge in [-0.1, -0.05) is 30.0 Å². The predicted octanol–water partition coefficient (Wildman–Crippen LogP) is 2.37. The van der Waals surface area contributed by atoms with Gasteiger partial charge in [0.15, 0.2) is 0 Å². The van der Waals surface area contributed by atoms with Crippen LogP contribution in [0.3, 0.4) is 0 Å². The van der Waals surface area contributed by atoms with Crippen molar-refractivity contribution in [1.82, 2.24) is 10.3 Å². The lowest BCUT2D eigenvalue weighted by Gasteiger charge is -2.20. The van der Waals surface area contributed by atoms with E-state index in [-0.39, 0.29) is 16.4 Å². The summed E-state index contributed by atoms with van der Waals surface area (Å²) in [4.78, 5) is 29.6. The van der Waals surface area contributed by atoms with Gasteiger partial charge in [0.2, 0.25) is 5.91 Å². The first-order chi connectivity index (χ1) is 12.2. The number of anilines is 1. The molecule has 7 heteroatoms. The Morgan fingerprint density at radius 2 is 2.20 bits per heavy atom. The minimum atomic E-state index is -0.360. The van der Waals surface area contributed by atoms with Crippen molar-refractivity contribution in [3.05, 3.63) is 53.7 Å². The van der Waals surface area contributed by atoms with Crippen molar-refractivity contribution in [2.45, 2.75) is 18.2 Å². The van der Waals surface area contributed by atoms with Crippen LogP contribution in [0.4, 0.5) is 10.6 Å². The number of aromatic nitrogens is 1. The van der Waals surface area contributed by atoms with E-state index in [1.165, 1.54) is 0 Å². The van der Waals surface area contributed by atoms with Crippen LogP contribution in [0.1, 0.15) is 11.1 Å². The van der Waals surface area contributed by atoms with E-state index in [0.717, 1.165) is 47.5 Å². The number of hydrogen-bond acceptors (Lipinski definition) is 6. The Labute approximate surface area is 149 Å². The number of hydrogen-bond donors (Lipinski definition) is 1. The van der Waals surface area contributed by atoms with Crippen LogP contribution >= 0.6 is 11.8 Å². The maximum Gasteiger partial charge on any atom is 0.286 e. The second kappa shape index (κ2) is 6.76. The molecule has 1 atom stereocenters. The molecule has 1 aromatic heterocycles. The lowest BCUT2D eigenvalue weighted by atomic mass is 10.1. The molecule has 6 nitrogen and oxygen atoms in total. The molecule has 0 spiro atoms. The summed E-state index contributed by atoms with van der Waals surface area (Å²) in [5.41, 5.74) is 2.08. The SMILES string of the molecule is O=C1NC(=O)C(Cc2ccc3c(c2)OCCN(c2ccccn2)C3)S1. The van der Waals surface area contributed by atoms with Gasteiger partial charge in [-0.2, -0.15) is 0 Å². The molecule has 0 bridgehead atoms. The Bertz CT molecular complexity index is 812. The van der Waals surface area contributed by atoms with E-state index in [2.05, 4.69) is 15.2 Å². The number of carbonyl (C=O) groups is 2. The summed E-state index contributed by atoms with van der Waals surface area (Å²) in [5.74, 6) is 1.55. The highest BCUT2D eigenvalue weighted by Gasteiger charge is 2.31. The van der Waals surface area contributed by atoms with Crippen LogP contribution in [0.15, 0.2) is 42.6 Å². The molecule has 128 valence electrons. The highest BCUT2D eigenvalue weighted by atomic mass is 32.2. The fourth-order valence-corrected chi connectivity index (χ4v) is 3.88. The Hall–Kier alpha value is -2.54. The van der Waals surface area contributed by atoms with Crippen LogP contribution in [-0.4, -0.2) is 34.5 Å². The number of ether oxygens (including phenoxy) is 1. The summed E-state index contributed by atoms with van der Waals surface area (Å²) in [5, 5.41) is 1.69. The fraction of sp³-hybridized carbons (Fsp3) is 0.278. The minimum Gasteiger partial charge on any atom is -0.491 e. The number of nitrogens with zero attached hydrogens (tertiary/aromatic N) is 2. The van der Waals surface area contributed by atoms with Gasteiger partial charge >= 0.3 is 0 Å². The van der Waals surface area contributed by atoms with Crippen molar-refractivity contribution >= 4 is 28.7 Å². The first-order valence-electron chi connectivity index (χ1n) is 8.11. The summed E-state index contributed by atoms with van der Waals surface area (Å²) in [6.07, 6.45) is 2.31. The minimum absolute atomic E-state index is 0.216. The molecular formula is C18H17N3O3S. The molecule has 2 aromatic rings. The van der Waals surface area contributed by atoms with E-state index < -0.39 is 0 Å². The molecule has 4 rings (SSSR count). The third-order valence-corrected chi connectivity index (χ3v) is 5.25. The number of thioether (sulfide) groups is 1. The molecule has 1 fully saturated rings. The molecule has 2 aliphatic heterocycles. The topological polar surface area (TPSA) is 71.5 Å². The first kappa shape index (κ1) is 16.0. The number of nitrogens with one attached hydrogen (secondary N) is 1. The normalized spacial score (nSPS) is 19.8. The second-order valence-electron chi connectivity index (χ2n) is 5.99. The summed E-state index contributed by atoms with van der Waals surface area (Å²) in [6, 6.07) is 11.9. The molecule has 25 heavy (non-hydrogen) atoms. The maximum absolute atomic E-state index is 11.7. The molecule has 1 N–H and O–H groups in total. The Balaban J connectivity index is 1.52. The fourth-order valence-electron chi connectivity index (χ4n) is 3.02. The summed E-state index contributed by atoms with van der Waals surface area (Å²) < 4.78 is 5.91. The van der Waals surface area contributed by atoms with Gasteiger partial charge in [-0.25, -0.2) is 4.98 Å².